The molecule has 7 heteroatoms. The number of thioether (sulfide) groups is 1. The van der Waals surface area contributed by atoms with Gasteiger partial charge in [0.1, 0.15) is 0 Å². The third-order valence-corrected chi connectivity index (χ3v) is 9.20. The zero-order valence-electron chi connectivity index (χ0n) is 21.9. The fourth-order valence-electron chi connectivity index (χ4n) is 4.78. The van der Waals surface area contributed by atoms with E-state index in [2.05, 4.69) is 44.2 Å². The number of ether oxygens (including phenoxy) is 1. The summed E-state index contributed by atoms with van der Waals surface area (Å²) in [6, 6.07) is 21.6. The van der Waals surface area contributed by atoms with E-state index in [0.717, 1.165) is 22.9 Å². The molecule has 38 heavy (non-hydrogen) atoms. The molecule has 1 aliphatic rings. The van der Waals surface area contributed by atoms with Crippen molar-refractivity contribution in [2.75, 3.05) is 7.11 Å². The topological polar surface area (TPSA) is 60.7 Å². The number of hydrogen-bond acceptors (Lipinski definition) is 6. The van der Waals surface area contributed by atoms with Crippen LogP contribution in [0.4, 0.5) is 0 Å². The van der Waals surface area contributed by atoms with Crippen LogP contribution in [0.5, 0.6) is 0 Å². The predicted molar refractivity (Wildman–Crippen MR) is 156 cm³/mol. The van der Waals surface area contributed by atoms with Gasteiger partial charge in [0.25, 0.3) is 5.56 Å². The van der Waals surface area contributed by atoms with Crippen molar-refractivity contribution < 1.29 is 9.53 Å². The Hall–Kier alpha value is -3.42. The molecule has 1 aromatic heterocycles. The highest BCUT2D eigenvalue weighted by Gasteiger charge is 2.33. The van der Waals surface area contributed by atoms with E-state index in [4.69, 9.17) is 9.73 Å². The maximum absolute atomic E-state index is 13.9. The lowest BCUT2D eigenvalue weighted by molar-refractivity contribution is -0.136. The fraction of sp³-hybridized carbons (Fsp3) is 0.258. The van der Waals surface area contributed by atoms with Gasteiger partial charge >= 0.3 is 5.97 Å². The van der Waals surface area contributed by atoms with Crippen molar-refractivity contribution in [3.8, 4) is 0 Å². The Labute approximate surface area is 230 Å². The van der Waals surface area contributed by atoms with E-state index in [0.29, 0.717) is 32.3 Å². The number of hydrogen-bond donors (Lipinski definition) is 0. The standard InChI is InChI=1S/C31H30N2O3S2/c1-5-19(3)37-25-17-16-21(22-14-10-11-15-23(22)25)18-26-29(34)33-28(20-12-8-7-9-13-20)27(30(35)36-4)24(6-2)32-31(33)38-26/h7-19,28H,5-6H2,1-4H3/b26-18-/t19-,28-/m1/s1. The predicted octanol–water partition coefficient (Wildman–Crippen LogP) is 5.84. The Bertz CT molecular complexity index is 1720. The number of aromatic nitrogens is 1. The van der Waals surface area contributed by atoms with Crippen LogP contribution in [-0.4, -0.2) is 22.9 Å². The molecule has 0 spiro atoms. The smallest absolute Gasteiger partial charge is 0.338 e. The lowest BCUT2D eigenvalue weighted by atomic mass is 9.95. The van der Waals surface area contributed by atoms with Crippen molar-refractivity contribution in [3.63, 3.8) is 0 Å². The summed E-state index contributed by atoms with van der Waals surface area (Å²) in [5.74, 6) is -0.464. The van der Waals surface area contributed by atoms with Gasteiger partial charge in [-0.15, -0.1) is 11.8 Å². The highest BCUT2D eigenvalue weighted by atomic mass is 32.2. The first-order valence-corrected chi connectivity index (χ1v) is 14.5. The van der Waals surface area contributed by atoms with E-state index in [1.165, 1.54) is 28.7 Å². The molecule has 2 atom stereocenters. The number of carbonyl (C=O) groups excluding carboxylic acids is 1. The largest absolute Gasteiger partial charge is 0.466 e. The quantitative estimate of drug-likeness (QED) is 0.217. The van der Waals surface area contributed by atoms with Crippen molar-refractivity contribution in [2.45, 2.75) is 49.8 Å². The number of thiazole rings is 1. The number of nitrogens with zero attached hydrogens (tertiary/aromatic N) is 2. The Morgan fingerprint density at radius 3 is 2.47 bits per heavy atom. The van der Waals surface area contributed by atoms with Crippen molar-refractivity contribution in [3.05, 3.63) is 109 Å². The van der Waals surface area contributed by atoms with Gasteiger partial charge in [0.05, 0.1) is 29.0 Å². The zero-order valence-corrected chi connectivity index (χ0v) is 23.6. The summed E-state index contributed by atoms with van der Waals surface area (Å²) in [7, 11) is 1.37. The molecule has 4 aromatic rings. The molecule has 0 bridgehead atoms. The first-order chi connectivity index (χ1) is 18.5. The van der Waals surface area contributed by atoms with Crippen LogP contribution in [0.15, 0.2) is 92.7 Å². The third kappa shape index (κ3) is 4.76. The average Bonchev–Trinajstić information content (AvgIpc) is 3.27. The lowest BCUT2D eigenvalue weighted by Gasteiger charge is -2.25. The second-order valence-corrected chi connectivity index (χ2v) is 11.7. The molecule has 0 N–H and O–H groups in total. The van der Waals surface area contributed by atoms with E-state index in [1.807, 2.05) is 61.2 Å². The molecule has 2 heterocycles. The highest BCUT2D eigenvalue weighted by molar-refractivity contribution is 8.00. The fourth-order valence-corrected chi connectivity index (χ4v) is 6.84. The number of esters is 1. The monoisotopic (exact) mass is 542 g/mol. The minimum absolute atomic E-state index is 0.165. The normalized spacial score (nSPS) is 16.3. The van der Waals surface area contributed by atoms with Crippen molar-refractivity contribution in [1.29, 1.82) is 0 Å². The number of benzene rings is 3. The summed E-state index contributed by atoms with van der Waals surface area (Å²) in [5, 5.41) is 2.81. The van der Waals surface area contributed by atoms with Gasteiger partial charge in [0, 0.05) is 10.1 Å². The summed E-state index contributed by atoms with van der Waals surface area (Å²) in [6.45, 7) is 6.40. The Morgan fingerprint density at radius 1 is 1.08 bits per heavy atom. The molecule has 194 valence electrons. The van der Waals surface area contributed by atoms with E-state index in [-0.39, 0.29) is 5.56 Å². The van der Waals surface area contributed by atoms with Crippen LogP contribution >= 0.6 is 23.1 Å². The van der Waals surface area contributed by atoms with Gasteiger partial charge < -0.3 is 4.74 Å². The molecule has 0 saturated carbocycles. The molecule has 0 amide bonds. The van der Waals surface area contributed by atoms with Gasteiger partial charge in [-0.05, 0) is 46.9 Å². The molecular formula is C31H30N2O3S2. The van der Waals surface area contributed by atoms with Gasteiger partial charge in [-0.3, -0.25) is 9.36 Å². The molecular weight excluding hydrogens is 512 g/mol. The number of methoxy groups -OCH3 is 1. The highest BCUT2D eigenvalue weighted by Crippen LogP contribution is 2.34. The summed E-state index contributed by atoms with van der Waals surface area (Å²) < 4.78 is 7.37. The van der Waals surface area contributed by atoms with Gasteiger partial charge in [-0.25, -0.2) is 9.79 Å². The second kappa shape index (κ2) is 11.1. The summed E-state index contributed by atoms with van der Waals surface area (Å²) in [6.07, 6.45) is 3.61. The molecule has 1 aliphatic heterocycles. The number of allylic oxidation sites excluding steroid dienone is 1. The second-order valence-electron chi connectivity index (χ2n) is 9.23. The Kier molecular flexibility index (Phi) is 7.68. The average molecular weight is 543 g/mol. The van der Waals surface area contributed by atoms with E-state index in [9.17, 15) is 9.59 Å². The number of rotatable bonds is 7. The van der Waals surface area contributed by atoms with Crippen molar-refractivity contribution in [2.24, 2.45) is 4.99 Å². The molecule has 0 fully saturated rings. The molecule has 5 rings (SSSR count). The third-order valence-electron chi connectivity index (χ3n) is 6.87. The Balaban J connectivity index is 1.72. The van der Waals surface area contributed by atoms with Crippen LogP contribution in [0.3, 0.4) is 0 Å². The molecule has 0 radical (unpaired) electrons. The lowest BCUT2D eigenvalue weighted by Crippen LogP contribution is -2.40. The summed E-state index contributed by atoms with van der Waals surface area (Å²) >= 11 is 3.24. The maximum atomic E-state index is 13.9. The van der Waals surface area contributed by atoms with Gasteiger partial charge in [-0.1, -0.05) is 92.8 Å². The van der Waals surface area contributed by atoms with Crippen LogP contribution in [0, 0.1) is 0 Å². The first kappa shape index (κ1) is 26.2. The van der Waals surface area contributed by atoms with E-state index < -0.39 is 12.0 Å². The Morgan fingerprint density at radius 2 is 1.79 bits per heavy atom. The van der Waals surface area contributed by atoms with Crippen LogP contribution in [0.25, 0.3) is 16.8 Å². The van der Waals surface area contributed by atoms with Crippen LogP contribution in [0.2, 0.25) is 0 Å². The molecule has 0 saturated heterocycles. The maximum Gasteiger partial charge on any atom is 0.338 e. The van der Waals surface area contributed by atoms with Crippen LogP contribution in [0.1, 0.15) is 50.8 Å². The zero-order chi connectivity index (χ0) is 26.8. The van der Waals surface area contributed by atoms with Crippen LogP contribution in [-0.2, 0) is 9.53 Å². The van der Waals surface area contributed by atoms with E-state index >= 15 is 0 Å². The van der Waals surface area contributed by atoms with Crippen molar-refractivity contribution >= 4 is 45.9 Å². The van der Waals surface area contributed by atoms with Crippen molar-refractivity contribution in [1.82, 2.24) is 4.57 Å². The molecule has 0 aliphatic carbocycles. The minimum atomic E-state index is -0.594. The van der Waals surface area contributed by atoms with Gasteiger partial charge in [0.15, 0.2) is 4.80 Å². The minimum Gasteiger partial charge on any atom is -0.466 e. The first-order valence-electron chi connectivity index (χ1n) is 12.8. The molecule has 3 aromatic carbocycles. The molecule has 0 unspecified atom stereocenters. The summed E-state index contributed by atoms with van der Waals surface area (Å²) in [4.78, 5) is 33.5. The van der Waals surface area contributed by atoms with Gasteiger partial charge in [-0.2, -0.15) is 0 Å². The van der Waals surface area contributed by atoms with Gasteiger partial charge in [0.2, 0.25) is 0 Å². The number of fused-ring (bicyclic) bond motifs is 2. The SMILES string of the molecule is CCC1=C(C(=O)OC)[C@@H](c2ccccc2)n2c(s/c(=C\c3ccc(S[C@H](C)CC)c4ccccc34)c2=O)=N1. The van der Waals surface area contributed by atoms with E-state index in [1.54, 1.807) is 4.57 Å². The summed E-state index contributed by atoms with van der Waals surface area (Å²) in [5.41, 5.74) is 2.73. The number of carbonyl (C=O) groups is 1. The van der Waals surface area contributed by atoms with Crippen LogP contribution < -0.4 is 14.9 Å². The molecule has 5 nitrogen and oxygen atoms in total.